The summed E-state index contributed by atoms with van der Waals surface area (Å²) in [6.45, 7) is 4.63. The van der Waals surface area contributed by atoms with Crippen LogP contribution in [-0.4, -0.2) is 22.2 Å². The number of aromatic nitrogens is 2. The van der Waals surface area contributed by atoms with Gasteiger partial charge < -0.3 is 4.90 Å². The van der Waals surface area contributed by atoms with Gasteiger partial charge in [0.15, 0.2) is 0 Å². The summed E-state index contributed by atoms with van der Waals surface area (Å²) in [6, 6.07) is 15.4. The summed E-state index contributed by atoms with van der Waals surface area (Å²) in [6.07, 6.45) is 3.61. The van der Waals surface area contributed by atoms with Gasteiger partial charge in [-0.05, 0) is 65.7 Å². The van der Waals surface area contributed by atoms with Crippen molar-refractivity contribution in [3.05, 3.63) is 76.5 Å². The molecule has 0 saturated carbocycles. The van der Waals surface area contributed by atoms with E-state index in [1.165, 1.54) is 0 Å². The molecule has 1 aromatic heterocycles. The Kier molecular flexibility index (Phi) is 4.81. The van der Waals surface area contributed by atoms with Crippen LogP contribution in [0.25, 0.3) is 5.69 Å². The highest BCUT2D eigenvalue weighted by atomic mass is 79.9. The third kappa shape index (κ3) is 3.26. The Morgan fingerprint density at radius 1 is 1.17 bits per heavy atom. The summed E-state index contributed by atoms with van der Waals surface area (Å²) < 4.78 is 2.68. The van der Waals surface area contributed by atoms with Crippen molar-refractivity contribution in [2.24, 2.45) is 0 Å². The lowest BCUT2D eigenvalue weighted by Gasteiger charge is -2.23. The molecular weight excluding hydrogens is 366 g/mol. The molecule has 122 valence electrons. The lowest BCUT2D eigenvalue weighted by Crippen LogP contribution is -2.31. The average Bonchev–Trinajstić information content (AvgIpc) is 3.04. The first-order chi connectivity index (χ1) is 11.6. The van der Waals surface area contributed by atoms with Crippen molar-refractivity contribution >= 4 is 27.5 Å². The zero-order valence-electron chi connectivity index (χ0n) is 13.6. The number of carbonyl (C=O) groups is 1. The topological polar surface area (TPSA) is 38.1 Å². The highest BCUT2D eigenvalue weighted by Crippen LogP contribution is 2.22. The number of hydrogen-bond donors (Lipinski definition) is 0. The van der Waals surface area contributed by atoms with E-state index in [0.717, 1.165) is 21.4 Å². The highest BCUT2D eigenvalue weighted by Gasteiger charge is 2.17. The van der Waals surface area contributed by atoms with Gasteiger partial charge >= 0.3 is 0 Å². The molecule has 0 aliphatic carbocycles. The van der Waals surface area contributed by atoms with Crippen molar-refractivity contribution < 1.29 is 4.79 Å². The molecule has 1 amide bonds. The number of rotatable bonds is 4. The summed E-state index contributed by atoms with van der Waals surface area (Å²) in [7, 11) is 0. The van der Waals surface area contributed by atoms with Crippen LogP contribution < -0.4 is 4.90 Å². The van der Waals surface area contributed by atoms with Crippen LogP contribution in [-0.2, 0) is 0 Å². The number of para-hydroxylation sites is 1. The predicted molar refractivity (Wildman–Crippen MR) is 99.8 cm³/mol. The van der Waals surface area contributed by atoms with Gasteiger partial charge in [-0.3, -0.25) is 4.79 Å². The SMILES string of the molecule is CCN(C(=O)c1ccc(-n2cc(Br)cn2)cc1)c1ccccc1C. The molecular formula is C19H18BrN3O. The van der Waals surface area contributed by atoms with Crippen LogP contribution in [0, 0.1) is 6.92 Å². The molecule has 2 aromatic carbocycles. The second-order valence-corrected chi connectivity index (χ2v) is 6.40. The summed E-state index contributed by atoms with van der Waals surface area (Å²) >= 11 is 3.38. The molecule has 0 bridgehead atoms. The van der Waals surface area contributed by atoms with E-state index < -0.39 is 0 Å². The van der Waals surface area contributed by atoms with Crippen molar-refractivity contribution in [1.82, 2.24) is 9.78 Å². The molecule has 4 nitrogen and oxygen atoms in total. The van der Waals surface area contributed by atoms with Crippen molar-refractivity contribution in [3.8, 4) is 5.69 Å². The molecule has 0 unspecified atom stereocenters. The molecule has 3 aromatic rings. The zero-order chi connectivity index (χ0) is 17.1. The fourth-order valence-corrected chi connectivity index (χ4v) is 2.93. The smallest absolute Gasteiger partial charge is 0.258 e. The monoisotopic (exact) mass is 383 g/mol. The summed E-state index contributed by atoms with van der Waals surface area (Å²) in [5.41, 5.74) is 3.61. The van der Waals surface area contributed by atoms with Crippen molar-refractivity contribution in [1.29, 1.82) is 0 Å². The number of halogens is 1. The van der Waals surface area contributed by atoms with Gasteiger partial charge in [-0.25, -0.2) is 4.68 Å². The number of anilines is 1. The Balaban J connectivity index is 1.87. The van der Waals surface area contributed by atoms with Gasteiger partial charge in [0, 0.05) is 24.0 Å². The van der Waals surface area contributed by atoms with Gasteiger partial charge in [-0.2, -0.15) is 5.10 Å². The first-order valence-corrected chi connectivity index (χ1v) is 8.57. The lowest BCUT2D eigenvalue weighted by molar-refractivity contribution is 0.0988. The molecule has 5 heteroatoms. The molecule has 24 heavy (non-hydrogen) atoms. The van der Waals surface area contributed by atoms with Crippen molar-refractivity contribution in [3.63, 3.8) is 0 Å². The van der Waals surface area contributed by atoms with E-state index in [2.05, 4.69) is 21.0 Å². The fourth-order valence-electron chi connectivity index (χ4n) is 2.64. The van der Waals surface area contributed by atoms with Gasteiger partial charge in [0.2, 0.25) is 0 Å². The normalized spacial score (nSPS) is 10.6. The Hall–Kier alpha value is -2.40. The number of carbonyl (C=O) groups excluding carboxylic acids is 1. The van der Waals surface area contributed by atoms with Crippen LogP contribution in [0.15, 0.2) is 65.4 Å². The minimum atomic E-state index is -0.00000383. The fraction of sp³-hybridized carbons (Fsp3) is 0.158. The third-order valence-corrected chi connectivity index (χ3v) is 4.31. The van der Waals surface area contributed by atoms with Crippen LogP contribution in [0.2, 0.25) is 0 Å². The zero-order valence-corrected chi connectivity index (χ0v) is 15.2. The Morgan fingerprint density at radius 3 is 2.46 bits per heavy atom. The van der Waals surface area contributed by atoms with Crippen molar-refractivity contribution in [2.75, 3.05) is 11.4 Å². The standard InChI is InChI=1S/C19H18BrN3O/c1-3-22(18-7-5-4-6-14(18)2)19(24)15-8-10-17(11-9-15)23-13-16(20)12-21-23/h4-13H,3H2,1-2H3. The number of amides is 1. The minimum Gasteiger partial charge on any atom is -0.308 e. The molecule has 0 aliphatic heterocycles. The second kappa shape index (κ2) is 7.01. The van der Waals surface area contributed by atoms with E-state index >= 15 is 0 Å². The Bertz CT molecular complexity index is 855. The van der Waals surface area contributed by atoms with Crippen LogP contribution in [0.4, 0.5) is 5.69 Å². The first kappa shape index (κ1) is 16.5. The maximum Gasteiger partial charge on any atom is 0.258 e. The number of benzene rings is 2. The van der Waals surface area contributed by atoms with E-state index in [-0.39, 0.29) is 5.91 Å². The lowest BCUT2D eigenvalue weighted by atomic mass is 10.1. The quantitative estimate of drug-likeness (QED) is 0.659. The first-order valence-electron chi connectivity index (χ1n) is 7.78. The average molecular weight is 384 g/mol. The van der Waals surface area contributed by atoms with Crippen LogP contribution in [0.5, 0.6) is 0 Å². The third-order valence-electron chi connectivity index (χ3n) is 3.90. The van der Waals surface area contributed by atoms with E-state index in [1.54, 1.807) is 15.8 Å². The van der Waals surface area contributed by atoms with Crippen molar-refractivity contribution in [2.45, 2.75) is 13.8 Å². The summed E-state index contributed by atoms with van der Waals surface area (Å²) in [5.74, 6) is -0.00000383. The Morgan fingerprint density at radius 2 is 1.88 bits per heavy atom. The van der Waals surface area contributed by atoms with E-state index in [9.17, 15) is 4.79 Å². The van der Waals surface area contributed by atoms with Crippen LogP contribution in [0.3, 0.4) is 0 Å². The molecule has 0 fully saturated rings. The van der Waals surface area contributed by atoms with Crippen LogP contribution >= 0.6 is 15.9 Å². The maximum absolute atomic E-state index is 12.9. The van der Waals surface area contributed by atoms with E-state index in [4.69, 9.17) is 0 Å². The molecule has 0 atom stereocenters. The molecule has 0 spiro atoms. The van der Waals surface area contributed by atoms with Gasteiger partial charge in [0.25, 0.3) is 5.91 Å². The molecule has 1 heterocycles. The molecule has 0 saturated heterocycles. The number of nitrogens with zero attached hydrogens (tertiary/aromatic N) is 3. The molecule has 3 rings (SSSR count). The Labute approximate surface area is 149 Å². The summed E-state index contributed by atoms with van der Waals surface area (Å²) in [5, 5.41) is 4.25. The predicted octanol–water partition coefficient (Wildman–Crippen LogP) is 4.61. The van der Waals surface area contributed by atoms with Crippen LogP contribution in [0.1, 0.15) is 22.8 Å². The molecule has 0 aliphatic rings. The summed E-state index contributed by atoms with van der Waals surface area (Å²) in [4.78, 5) is 14.7. The number of hydrogen-bond acceptors (Lipinski definition) is 2. The second-order valence-electron chi connectivity index (χ2n) is 5.49. The van der Waals surface area contributed by atoms with Gasteiger partial charge in [0.1, 0.15) is 0 Å². The van der Waals surface area contributed by atoms with Gasteiger partial charge in [-0.15, -0.1) is 0 Å². The number of aryl methyl sites for hydroxylation is 1. The van der Waals surface area contributed by atoms with E-state index in [1.807, 2.05) is 68.6 Å². The highest BCUT2D eigenvalue weighted by molar-refractivity contribution is 9.10. The molecule has 0 radical (unpaired) electrons. The largest absolute Gasteiger partial charge is 0.308 e. The van der Waals surface area contributed by atoms with E-state index in [0.29, 0.717) is 12.1 Å². The van der Waals surface area contributed by atoms with Gasteiger partial charge in [-0.1, -0.05) is 18.2 Å². The maximum atomic E-state index is 12.9. The minimum absolute atomic E-state index is 0.00000383. The van der Waals surface area contributed by atoms with Gasteiger partial charge in [0.05, 0.1) is 16.4 Å². The molecule has 0 N–H and O–H groups in total.